The molecule has 0 spiro atoms. The molecule has 1 aromatic carbocycles. The Morgan fingerprint density at radius 1 is 1.28 bits per heavy atom. The monoisotopic (exact) mass is 373 g/mol. The Morgan fingerprint density at radius 2 is 2.16 bits per heavy atom. The number of thioether (sulfide) groups is 1. The Kier molecular flexibility index (Phi) is 6.76. The second-order valence-electron chi connectivity index (χ2n) is 5.54. The summed E-state index contributed by atoms with van der Waals surface area (Å²) in [5.41, 5.74) is 2.52. The molecule has 0 fully saturated rings. The van der Waals surface area contributed by atoms with E-state index in [-0.39, 0.29) is 0 Å². The average molecular weight is 374 g/mol. The van der Waals surface area contributed by atoms with Gasteiger partial charge in [0.2, 0.25) is 0 Å². The number of aliphatic imine (C=N–C) groups is 1. The summed E-state index contributed by atoms with van der Waals surface area (Å²) in [7, 11) is 1.81. The Labute approximate surface area is 156 Å². The first-order valence-electron chi connectivity index (χ1n) is 8.38. The number of thiazole rings is 1. The highest BCUT2D eigenvalue weighted by Crippen LogP contribution is 2.20. The van der Waals surface area contributed by atoms with Gasteiger partial charge in [-0.15, -0.1) is 11.3 Å². The number of hydrogen-bond acceptors (Lipinski definition) is 4. The van der Waals surface area contributed by atoms with Crippen molar-refractivity contribution in [1.82, 2.24) is 20.6 Å². The van der Waals surface area contributed by atoms with Crippen molar-refractivity contribution in [2.45, 2.75) is 17.2 Å². The smallest absolute Gasteiger partial charge is 0.190 e. The molecular formula is C18H23N5S2. The zero-order chi connectivity index (χ0) is 17.3. The van der Waals surface area contributed by atoms with E-state index < -0.39 is 0 Å². The van der Waals surface area contributed by atoms with Gasteiger partial charge in [0.15, 0.2) is 5.96 Å². The van der Waals surface area contributed by atoms with Gasteiger partial charge in [0.25, 0.3) is 0 Å². The van der Waals surface area contributed by atoms with Crippen LogP contribution in [0.5, 0.6) is 0 Å². The first kappa shape index (κ1) is 17.8. The number of hydrogen-bond donors (Lipinski definition) is 3. The molecule has 0 aliphatic carbocycles. The fourth-order valence-corrected chi connectivity index (χ4v) is 4.24. The molecule has 2 aromatic heterocycles. The number of nitrogens with zero attached hydrogens (tertiary/aromatic N) is 2. The van der Waals surface area contributed by atoms with Gasteiger partial charge in [-0.3, -0.25) is 4.99 Å². The van der Waals surface area contributed by atoms with E-state index in [9.17, 15) is 0 Å². The number of nitrogens with one attached hydrogen (secondary N) is 3. The quantitative estimate of drug-likeness (QED) is 0.245. The summed E-state index contributed by atoms with van der Waals surface area (Å²) in [5.74, 6) is 1.92. The van der Waals surface area contributed by atoms with Gasteiger partial charge in [0, 0.05) is 54.6 Å². The Balaban J connectivity index is 1.35. The Morgan fingerprint density at radius 3 is 3.00 bits per heavy atom. The second-order valence-corrected chi connectivity index (χ2v) is 7.77. The number of aromatic nitrogens is 2. The maximum Gasteiger partial charge on any atom is 0.190 e. The number of aromatic amines is 1. The first-order valence-corrected chi connectivity index (χ1v) is 10.2. The van der Waals surface area contributed by atoms with Crippen LogP contribution in [0.4, 0.5) is 0 Å². The summed E-state index contributed by atoms with van der Waals surface area (Å²) < 4.78 is 1.14. The predicted molar refractivity (Wildman–Crippen MR) is 109 cm³/mol. The van der Waals surface area contributed by atoms with E-state index in [2.05, 4.69) is 56.1 Å². The van der Waals surface area contributed by atoms with E-state index in [4.69, 9.17) is 0 Å². The zero-order valence-electron chi connectivity index (χ0n) is 14.3. The van der Waals surface area contributed by atoms with E-state index in [0.717, 1.165) is 42.0 Å². The molecule has 7 heteroatoms. The van der Waals surface area contributed by atoms with Crippen LogP contribution in [-0.4, -0.2) is 41.8 Å². The molecule has 0 radical (unpaired) electrons. The number of fused-ring (bicyclic) bond motifs is 1. The standard InChI is InChI=1S/C18H23N5S2/c1-19-17(20-8-4-11-24-18-22-10-12-25-18)21-9-7-14-13-23-16-6-3-2-5-15(14)16/h2-3,5-6,10,12-13,23H,4,7-9,11H2,1H3,(H2,19,20,21). The predicted octanol–water partition coefficient (Wildman–Crippen LogP) is 3.51. The molecular weight excluding hydrogens is 350 g/mol. The third-order valence-electron chi connectivity index (χ3n) is 3.83. The third-order valence-corrected chi connectivity index (χ3v) is 5.89. The number of para-hydroxylation sites is 1. The summed E-state index contributed by atoms with van der Waals surface area (Å²) in [6, 6.07) is 8.40. The number of H-pyrrole nitrogens is 1. The zero-order valence-corrected chi connectivity index (χ0v) is 15.9. The minimum absolute atomic E-state index is 0.857. The van der Waals surface area contributed by atoms with Crippen molar-refractivity contribution in [2.24, 2.45) is 4.99 Å². The van der Waals surface area contributed by atoms with Crippen molar-refractivity contribution in [3.63, 3.8) is 0 Å². The normalized spacial score (nSPS) is 11.8. The lowest BCUT2D eigenvalue weighted by molar-refractivity contribution is 0.778. The summed E-state index contributed by atoms with van der Waals surface area (Å²) in [6.45, 7) is 1.76. The van der Waals surface area contributed by atoms with Crippen molar-refractivity contribution in [1.29, 1.82) is 0 Å². The van der Waals surface area contributed by atoms with Crippen LogP contribution in [0.3, 0.4) is 0 Å². The van der Waals surface area contributed by atoms with Gasteiger partial charge in [0.05, 0.1) is 0 Å². The van der Waals surface area contributed by atoms with Crippen molar-refractivity contribution in [3.05, 3.63) is 47.6 Å². The lowest BCUT2D eigenvalue weighted by Crippen LogP contribution is -2.38. The molecule has 0 aliphatic rings. The van der Waals surface area contributed by atoms with Crippen molar-refractivity contribution < 1.29 is 0 Å². The van der Waals surface area contributed by atoms with Crippen LogP contribution in [-0.2, 0) is 6.42 Å². The van der Waals surface area contributed by atoms with Gasteiger partial charge in [-0.1, -0.05) is 30.0 Å². The molecule has 2 heterocycles. The Bertz CT molecular complexity index is 795. The maximum atomic E-state index is 4.29. The highest BCUT2D eigenvalue weighted by molar-refractivity contribution is 8.00. The van der Waals surface area contributed by atoms with Crippen LogP contribution in [0.2, 0.25) is 0 Å². The Hall–Kier alpha value is -1.99. The first-order chi connectivity index (χ1) is 12.4. The second kappa shape index (κ2) is 9.48. The third kappa shape index (κ3) is 5.24. The molecule has 25 heavy (non-hydrogen) atoms. The van der Waals surface area contributed by atoms with Gasteiger partial charge in [0.1, 0.15) is 4.34 Å². The highest BCUT2D eigenvalue weighted by Gasteiger charge is 2.03. The molecule has 0 saturated carbocycles. The molecule has 5 nitrogen and oxygen atoms in total. The number of benzene rings is 1. The highest BCUT2D eigenvalue weighted by atomic mass is 32.2. The summed E-state index contributed by atoms with van der Waals surface area (Å²) >= 11 is 3.50. The van der Waals surface area contributed by atoms with Gasteiger partial charge >= 0.3 is 0 Å². The van der Waals surface area contributed by atoms with Gasteiger partial charge in [-0.25, -0.2) is 4.98 Å². The van der Waals surface area contributed by atoms with Crippen LogP contribution < -0.4 is 10.6 Å². The molecule has 0 unspecified atom stereocenters. The molecule has 3 rings (SSSR count). The van der Waals surface area contributed by atoms with E-state index in [1.807, 2.05) is 30.4 Å². The molecule has 0 bridgehead atoms. The van der Waals surface area contributed by atoms with Gasteiger partial charge < -0.3 is 15.6 Å². The van der Waals surface area contributed by atoms with Crippen LogP contribution in [0.15, 0.2) is 51.4 Å². The molecule has 0 saturated heterocycles. The molecule has 0 atom stereocenters. The van der Waals surface area contributed by atoms with E-state index in [0.29, 0.717) is 0 Å². The lowest BCUT2D eigenvalue weighted by atomic mass is 10.1. The van der Waals surface area contributed by atoms with Crippen molar-refractivity contribution in [2.75, 3.05) is 25.9 Å². The average Bonchev–Trinajstić information content (AvgIpc) is 3.30. The topological polar surface area (TPSA) is 65.1 Å². The number of guanidine groups is 1. The van der Waals surface area contributed by atoms with Crippen molar-refractivity contribution in [3.8, 4) is 0 Å². The molecule has 0 amide bonds. The fourth-order valence-electron chi connectivity index (χ4n) is 2.59. The van der Waals surface area contributed by atoms with Crippen LogP contribution in [0.25, 0.3) is 10.9 Å². The van der Waals surface area contributed by atoms with Gasteiger partial charge in [-0.05, 0) is 24.5 Å². The van der Waals surface area contributed by atoms with E-state index in [1.165, 1.54) is 16.5 Å². The fraction of sp³-hybridized carbons (Fsp3) is 0.333. The van der Waals surface area contributed by atoms with Crippen LogP contribution in [0, 0.1) is 0 Å². The summed E-state index contributed by atoms with van der Waals surface area (Å²) in [4.78, 5) is 11.9. The largest absolute Gasteiger partial charge is 0.361 e. The SMILES string of the molecule is CN=C(NCCCSc1nccs1)NCCc1c[nH]c2ccccc12. The van der Waals surface area contributed by atoms with E-state index >= 15 is 0 Å². The molecule has 0 aliphatic heterocycles. The summed E-state index contributed by atoms with van der Waals surface area (Å²) in [5, 5.41) is 10.1. The van der Waals surface area contributed by atoms with Crippen molar-refractivity contribution >= 4 is 40.0 Å². The van der Waals surface area contributed by atoms with Crippen LogP contribution in [0.1, 0.15) is 12.0 Å². The molecule has 132 valence electrons. The molecule has 3 N–H and O–H groups in total. The maximum absolute atomic E-state index is 4.29. The van der Waals surface area contributed by atoms with E-state index in [1.54, 1.807) is 11.3 Å². The van der Waals surface area contributed by atoms with Crippen LogP contribution >= 0.6 is 23.1 Å². The van der Waals surface area contributed by atoms with Gasteiger partial charge in [-0.2, -0.15) is 0 Å². The lowest BCUT2D eigenvalue weighted by Gasteiger charge is -2.11. The number of rotatable bonds is 8. The molecule has 3 aromatic rings. The summed E-state index contributed by atoms with van der Waals surface area (Å²) in [6.07, 6.45) is 5.99. The minimum atomic E-state index is 0.857. The minimum Gasteiger partial charge on any atom is -0.361 e.